The second-order valence-electron chi connectivity index (χ2n) is 2.78. The number of hydrogen-bond acceptors (Lipinski definition) is 5. The smallest absolute Gasteiger partial charge is 0.325 e. The van der Waals surface area contributed by atoms with Gasteiger partial charge in [-0.05, 0) is 0 Å². The van der Waals surface area contributed by atoms with Crippen molar-refractivity contribution in [2.45, 2.75) is 10.3 Å². The van der Waals surface area contributed by atoms with Crippen LogP contribution in [0.15, 0.2) is 17.3 Å². The number of sulfonamides is 1. The van der Waals surface area contributed by atoms with Crippen molar-refractivity contribution in [3.8, 4) is 0 Å². The summed E-state index contributed by atoms with van der Waals surface area (Å²) < 4.78 is 29.6. The average Bonchev–Trinajstić information content (AvgIpc) is 2.78. The van der Waals surface area contributed by atoms with Gasteiger partial charge in [-0.25, -0.2) is 13.1 Å². The summed E-state index contributed by atoms with van der Waals surface area (Å²) in [5.74, 6) is -0.698. The van der Waals surface area contributed by atoms with Gasteiger partial charge in [-0.3, -0.25) is 9.89 Å². The van der Waals surface area contributed by atoms with E-state index < -0.39 is 21.4 Å². The number of nitrogens with zero attached hydrogens (tertiary/aromatic N) is 1. The third-order valence-corrected chi connectivity index (χ3v) is 3.42. The number of rotatable bonds is 5. The van der Waals surface area contributed by atoms with Crippen LogP contribution in [0.25, 0.3) is 0 Å². The normalized spacial score (nSPS) is 13.4. The van der Waals surface area contributed by atoms with Crippen molar-refractivity contribution in [2.75, 3.05) is 13.7 Å². The highest BCUT2D eigenvalue weighted by Crippen LogP contribution is 2.05. The predicted octanol–water partition coefficient (Wildman–Crippen LogP) is -0.532. The zero-order chi connectivity index (χ0) is 12.2. The summed E-state index contributed by atoms with van der Waals surface area (Å²) in [6, 6.07) is 0. The van der Waals surface area contributed by atoms with Gasteiger partial charge in [0.1, 0.15) is 10.3 Å². The van der Waals surface area contributed by atoms with Gasteiger partial charge in [0.15, 0.2) is 0 Å². The van der Waals surface area contributed by atoms with E-state index in [-0.39, 0.29) is 11.4 Å². The molecule has 0 amide bonds. The maximum Gasteiger partial charge on any atom is 0.325 e. The van der Waals surface area contributed by atoms with Gasteiger partial charge >= 0.3 is 5.97 Å². The summed E-state index contributed by atoms with van der Waals surface area (Å²) in [5, 5.41) is 4.80. The molecule has 90 valence electrons. The van der Waals surface area contributed by atoms with Gasteiger partial charge in [-0.2, -0.15) is 5.10 Å². The van der Waals surface area contributed by atoms with Gasteiger partial charge in [-0.1, -0.05) is 0 Å². The molecule has 1 unspecified atom stereocenters. The topological polar surface area (TPSA) is 101 Å². The zero-order valence-electron chi connectivity index (χ0n) is 8.31. The molecule has 7 nitrogen and oxygen atoms in total. The number of alkyl halides is 1. The lowest BCUT2D eigenvalue weighted by Crippen LogP contribution is -2.34. The molecule has 1 atom stereocenters. The summed E-state index contributed by atoms with van der Waals surface area (Å²) in [6.07, 6.45) is 2.35. The van der Waals surface area contributed by atoms with Crippen molar-refractivity contribution in [3.63, 3.8) is 0 Å². The molecule has 0 fully saturated rings. The van der Waals surface area contributed by atoms with Crippen LogP contribution in [0.4, 0.5) is 0 Å². The molecule has 1 rings (SSSR count). The highest BCUT2D eigenvalue weighted by atomic mass is 35.5. The van der Waals surface area contributed by atoms with E-state index >= 15 is 0 Å². The number of H-pyrrole nitrogens is 1. The first-order valence-corrected chi connectivity index (χ1v) is 6.09. The first-order chi connectivity index (χ1) is 7.47. The summed E-state index contributed by atoms with van der Waals surface area (Å²) in [4.78, 5) is 10.9. The number of carbonyl (C=O) groups excluding carboxylic acids is 1. The fraction of sp³-hybridized carbons (Fsp3) is 0.429. The Kier molecular flexibility index (Phi) is 4.27. The third kappa shape index (κ3) is 3.19. The number of nitrogens with one attached hydrogen (secondary N) is 2. The highest BCUT2D eigenvalue weighted by Gasteiger charge is 2.21. The Morgan fingerprint density at radius 3 is 2.94 bits per heavy atom. The van der Waals surface area contributed by atoms with E-state index in [4.69, 9.17) is 11.6 Å². The number of aromatic nitrogens is 2. The largest absolute Gasteiger partial charge is 0.468 e. The summed E-state index contributed by atoms with van der Waals surface area (Å²) in [7, 11) is -2.52. The van der Waals surface area contributed by atoms with Gasteiger partial charge in [0.2, 0.25) is 10.0 Å². The summed E-state index contributed by atoms with van der Waals surface area (Å²) in [5.41, 5.74) is 0. The van der Waals surface area contributed by atoms with E-state index in [1.807, 2.05) is 0 Å². The standard InChI is InChI=1S/C7H10ClN3O4S/c1-15-7(12)6(8)4-11-16(13,14)5-2-9-10-3-5/h2-3,6,11H,4H2,1H3,(H,9,10). The van der Waals surface area contributed by atoms with E-state index in [1.54, 1.807) is 0 Å². The van der Waals surface area contributed by atoms with Gasteiger partial charge in [-0.15, -0.1) is 11.6 Å². The Bertz CT molecular complexity index is 444. The minimum atomic E-state index is -3.69. The number of ether oxygens (including phenoxy) is 1. The molecule has 0 aliphatic heterocycles. The molecule has 1 heterocycles. The molecule has 0 spiro atoms. The second-order valence-corrected chi connectivity index (χ2v) is 5.07. The average molecular weight is 268 g/mol. The lowest BCUT2D eigenvalue weighted by Gasteiger charge is -2.08. The van der Waals surface area contributed by atoms with Crippen molar-refractivity contribution in [1.29, 1.82) is 0 Å². The highest BCUT2D eigenvalue weighted by molar-refractivity contribution is 7.89. The van der Waals surface area contributed by atoms with Crippen LogP contribution in [0.2, 0.25) is 0 Å². The van der Waals surface area contributed by atoms with Gasteiger partial charge in [0, 0.05) is 12.7 Å². The molecule has 16 heavy (non-hydrogen) atoms. The van der Waals surface area contributed by atoms with Gasteiger partial charge in [0.05, 0.1) is 13.3 Å². The van der Waals surface area contributed by atoms with Crippen LogP contribution in [-0.2, 0) is 19.6 Å². The summed E-state index contributed by atoms with van der Waals surface area (Å²) in [6.45, 7) is -0.248. The molecule has 2 N–H and O–H groups in total. The van der Waals surface area contributed by atoms with E-state index in [0.29, 0.717) is 0 Å². The van der Waals surface area contributed by atoms with Crippen LogP contribution in [0.3, 0.4) is 0 Å². The van der Waals surface area contributed by atoms with Crippen LogP contribution >= 0.6 is 11.6 Å². The number of methoxy groups -OCH3 is 1. The maximum absolute atomic E-state index is 11.5. The maximum atomic E-state index is 11.5. The lowest BCUT2D eigenvalue weighted by atomic mass is 10.4. The minimum Gasteiger partial charge on any atom is -0.468 e. The van der Waals surface area contributed by atoms with E-state index in [9.17, 15) is 13.2 Å². The molecule has 1 aromatic rings. The molecular weight excluding hydrogens is 258 g/mol. The Labute approximate surface area is 97.2 Å². The number of hydrogen-bond donors (Lipinski definition) is 2. The quantitative estimate of drug-likeness (QED) is 0.552. The SMILES string of the molecule is COC(=O)C(Cl)CNS(=O)(=O)c1cn[nH]c1. The molecule has 9 heteroatoms. The van der Waals surface area contributed by atoms with Crippen molar-refractivity contribution in [2.24, 2.45) is 0 Å². The number of carbonyl (C=O) groups is 1. The second kappa shape index (κ2) is 5.28. The zero-order valence-corrected chi connectivity index (χ0v) is 9.88. The number of esters is 1. The summed E-state index contributed by atoms with van der Waals surface area (Å²) >= 11 is 5.57. The molecule has 0 saturated heterocycles. The molecular formula is C7H10ClN3O4S. The predicted molar refractivity (Wildman–Crippen MR) is 55.4 cm³/mol. The van der Waals surface area contributed by atoms with Crippen LogP contribution in [0, 0.1) is 0 Å². The van der Waals surface area contributed by atoms with Gasteiger partial charge < -0.3 is 4.74 Å². The Morgan fingerprint density at radius 2 is 2.44 bits per heavy atom. The van der Waals surface area contributed by atoms with E-state index in [2.05, 4.69) is 19.7 Å². The Balaban J connectivity index is 2.59. The number of aromatic amines is 1. The number of halogens is 1. The van der Waals surface area contributed by atoms with Crippen molar-refractivity contribution in [1.82, 2.24) is 14.9 Å². The van der Waals surface area contributed by atoms with Crippen LogP contribution < -0.4 is 4.72 Å². The van der Waals surface area contributed by atoms with E-state index in [0.717, 1.165) is 6.20 Å². The third-order valence-electron chi connectivity index (χ3n) is 1.69. The van der Waals surface area contributed by atoms with E-state index in [1.165, 1.54) is 13.3 Å². The Morgan fingerprint density at radius 1 is 1.75 bits per heavy atom. The van der Waals surface area contributed by atoms with Crippen LogP contribution in [0.1, 0.15) is 0 Å². The van der Waals surface area contributed by atoms with Crippen molar-refractivity contribution < 1.29 is 17.9 Å². The van der Waals surface area contributed by atoms with Crippen molar-refractivity contribution >= 4 is 27.6 Å². The fourth-order valence-corrected chi connectivity index (χ4v) is 2.07. The van der Waals surface area contributed by atoms with Crippen molar-refractivity contribution in [3.05, 3.63) is 12.4 Å². The van der Waals surface area contributed by atoms with Gasteiger partial charge in [0.25, 0.3) is 0 Å². The molecule has 0 aliphatic rings. The lowest BCUT2D eigenvalue weighted by molar-refractivity contribution is -0.140. The molecule has 0 aromatic carbocycles. The fourth-order valence-electron chi connectivity index (χ4n) is 0.863. The monoisotopic (exact) mass is 267 g/mol. The molecule has 0 saturated carbocycles. The van der Waals surface area contributed by atoms with Crippen LogP contribution in [-0.4, -0.2) is 43.6 Å². The Hall–Kier alpha value is -1.12. The van der Waals surface area contributed by atoms with Crippen LogP contribution in [0.5, 0.6) is 0 Å². The first-order valence-electron chi connectivity index (χ1n) is 4.17. The molecule has 0 radical (unpaired) electrons. The molecule has 1 aromatic heterocycles. The minimum absolute atomic E-state index is 0.0266. The first kappa shape index (κ1) is 12.9. The molecule has 0 aliphatic carbocycles. The molecule has 0 bridgehead atoms.